The van der Waals surface area contributed by atoms with E-state index in [4.69, 9.17) is 10.2 Å². The molecule has 0 bridgehead atoms. The second-order valence-corrected chi connectivity index (χ2v) is 4.18. The largest absolute Gasteiger partial charge is 0.464 e. The fourth-order valence-electron chi connectivity index (χ4n) is 1.83. The van der Waals surface area contributed by atoms with Gasteiger partial charge in [-0.15, -0.1) is 0 Å². The normalized spacial score (nSPS) is 12.7. The summed E-state index contributed by atoms with van der Waals surface area (Å²) in [4.78, 5) is 0. The van der Waals surface area contributed by atoms with Crippen molar-refractivity contribution in [1.82, 2.24) is 0 Å². The topological polar surface area (TPSA) is 39.2 Å². The van der Waals surface area contributed by atoms with Crippen LogP contribution >= 0.6 is 0 Å². The van der Waals surface area contributed by atoms with Crippen molar-refractivity contribution in [3.8, 4) is 0 Å². The first-order valence-corrected chi connectivity index (χ1v) is 5.89. The van der Waals surface area contributed by atoms with Crippen LogP contribution in [0.25, 0.3) is 0 Å². The molecule has 96 valence electrons. The summed E-state index contributed by atoms with van der Waals surface area (Å²) in [5, 5.41) is 0. The molecule has 4 heteroatoms. The van der Waals surface area contributed by atoms with Gasteiger partial charge in [-0.05, 0) is 30.2 Å². The fraction of sp³-hybridized carbons (Fsp3) is 0.286. The lowest BCUT2D eigenvalue weighted by Crippen LogP contribution is -2.13. The lowest BCUT2D eigenvalue weighted by atomic mass is 10.0. The summed E-state index contributed by atoms with van der Waals surface area (Å²) in [5.41, 5.74) is 6.19. The Morgan fingerprint density at radius 3 is 2.67 bits per heavy atom. The van der Waals surface area contributed by atoms with E-state index in [-0.39, 0.29) is 12.0 Å². The number of halogens is 2. The predicted molar refractivity (Wildman–Crippen MR) is 65.1 cm³/mol. The summed E-state index contributed by atoms with van der Waals surface area (Å²) in [5.74, 6) is -0.265. The molecule has 0 aliphatic heterocycles. The Morgan fingerprint density at radius 1 is 1.22 bits per heavy atom. The van der Waals surface area contributed by atoms with Crippen molar-refractivity contribution in [2.24, 2.45) is 5.73 Å². The third kappa shape index (κ3) is 2.59. The van der Waals surface area contributed by atoms with Crippen molar-refractivity contribution in [1.29, 1.82) is 0 Å². The minimum Gasteiger partial charge on any atom is -0.464 e. The molecular weight excluding hydrogens is 236 g/mol. The molecule has 1 aromatic heterocycles. The Labute approximate surface area is 104 Å². The molecule has 0 saturated heterocycles. The van der Waals surface area contributed by atoms with Gasteiger partial charge in [0.15, 0.2) is 11.6 Å². The standard InChI is InChI=1S/C14H15F2NO/c1-2-10-6-7-13(18-10)12(17)8-9-4-3-5-11(15)14(9)16/h3-7,12H,2,8,17H2,1H3. The van der Waals surface area contributed by atoms with E-state index < -0.39 is 17.7 Å². The van der Waals surface area contributed by atoms with E-state index in [2.05, 4.69) is 0 Å². The monoisotopic (exact) mass is 251 g/mol. The van der Waals surface area contributed by atoms with Crippen LogP contribution in [-0.4, -0.2) is 0 Å². The summed E-state index contributed by atoms with van der Waals surface area (Å²) >= 11 is 0. The molecule has 2 rings (SSSR count). The zero-order valence-corrected chi connectivity index (χ0v) is 10.1. The Bertz CT molecular complexity index is 536. The van der Waals surface area contributed by atoms with Crippen LogP contribution in [0, 0.1) is 11.6 Å². The molecule has 1 heterocycles. The third-order valence-electron chi connectivity index (χ3n) is 2.87. The van der Waals surface area contributed by atoms with Crippen LogP contribution in [0.1, 0.15) is 30.0 Å². The van der Waals surface area contributed by atoms with E-state index in [1.54, 1.807) is 6.07 Å². The van der Waals surface area contributed by atoms with Gasteiger partial charge < -0.3 is 10.2 Å². The first-order valence-electron chi connectivity index (χ1n) is 5.89. The minimum atomic E-state index is -0.853. The van der Waals surface area contributed by atoms with Crippen molar-refractivity contribution in [3.63, 3.8) is 0 Å². The van der Waals surface area contributed by atoms with Gasteiger partial charge in [-0.25, -0.2) is 8.78 Å². The maximum atomic E-state index is 13.5. The van der Waals surface area contributed by atoms with E-state index in [1.165, 1.54) is 12.1 Å². The molecule has 0 aliphatic carbocycles. The molecule has 0 radical (unpaired) electrons. The maximum absolute atomic E-state index is 13.5. The number of aryl methyl sites for hydroxylation is 1. The van der Waals surface area contributed by atoms with Crippen LogP contribution in [0.2, 0.25) is 0 Å². The molecule has 18 heavy (non-hydrogen) atoms. The van der Waals surface area contributed by atoms with Crippen LogP contribution in [0.3, 0.4) is 0 Å². The van der Waals surface area contributed by atoms with Crippen LogP contribution in [0.15, 0.2) is 34.7 Å². The highest BCUT2D eigenvalue weighted by atomic mass is 19.2. The van der Waals surface area contributed by atoms with Crippen molar-refractivity contribution in [2.45, 2.75) is 25.8 Å². The summed E-state index contributed by atoms with van der Waals surface area (Å²) in [6, 6.07) is 7.24. The van der Waals surface area contributed by atoms with E-state index in [1.807, 2.05) is 13.0 Å². The van der Waals surface area contributed by atoms with E-state index in [9.17, 15) is 8.78 Å². The Kier molecular flexibility index (Phi) is 3.77. The first kappa shape index (κ1) is 12.8. The molecule has 2 N–H and O–H groups in total. The summed E-state index contributed by atoms with van der Waals surface area (Å²) in [7, 11) is 0. The Balaban J connectivity index is 2.15. The Morgan fingerprint density at radius 2 is 2.00 bits per heavy atom. The van der Waals surface area contributed by atoms with Crippen LogP contribution in [0.5, 0.6) is 0 Å². The smallest absolute Gasteiger partial charge is 0.162 e. The predicted octanol–water partition coefficient (Wildman–Crippen LogP) is 3.36. The molecule has 0 spiro atoms. The van der Waals surface area contributed by atoms with Gasteiger partial charge in [0.1, 0.15) is 11.5 Å². The molecule has 0 saturated carbocycles. The molecule has 2 aromatic rings. The Hall–Kier alpha value is -1.68. The third-order valence-corrected chi connectivity index (χ3v) is 2.87. The highest BCUT2D eigenvalue weighted by Crippen LogP contribution is 2.21. The van der Waals surface area contributed by atoms with Crippen molar-refractivity contribution < 1.29 is 13.2 Å². The van der Waals surface area contributed by atoms with Gasteiger partial charge in [0.05, 0.1) is 6.04 Å². The lowest BCUT2D eigenvalue weighted by molar-refractivity contribution is 0.428. The zero-order chi connectivity index (χ0) is 13.1. The minimum absolute atomic E-state index is 0.209. The van der Waals surface area contributed by atoms with E-state index in [0.29, 0.717) is 5.76 Å². The van der Waals surface area contributed by atoms with Gasteiger partial charge in [-0.2, -0.15) is 0 Å². The number of nitrogens with two attached hydrogens (primary N) is 1. The second kappa shape index (κ2) is 5.31. The number of hydrogen-bond acceptors (Lipinski definition) is 2. The molecular formula is C14H15F2NO. The van der Waals surface area contributed by atoms with E-state index >= 15 is 0 Å². The summed E-state index contributed by atoms with van der Waals surface area (Å²) < 4.78 is 32.0. The van der Waals surface area contributed by atoms with Crippen LogP contribution in [0.4, 0.5) is 8.78 Å². The van der Waals surface area contributed by atoms with Gasteiger partial charge in [0.25, 0.3) is 0 Å². The lowest BCUT2D eigenvalue weighted by Gasteiger charge is -2.10. The molecule has 0 aliphatic rings. The number of benzene rings is 1. The molecule has 0 fully saturated rings. The molecule has 1 unspecified atom stereocenters. The van der Waals surface area contributed by atoms with Crippen molar-refractivity contribution in [2.75, 3.05) is 0 Å². The fourth-order valence-corrected chi connectivity index (χ4v) is 1.83. The van der Waals surface area contributed by atoms with Gasteiger partial charge in [0, 0.05) is 6.42 Å². The average Bonchev–Trinajstić information content (AvgIpc) is 2.83. The quantitative estimate of drug-likeness (QED) is 0.904. The number of furan rings is 1. The van der Waals surface area contributed by atoms with Gasteiger partial charge in [0.2, 0.25) is 0 Å². The van der Waals surface area contributed by atoms with Gasteiger partial charge in [-0.3, -0.25) is 0 Å². The first-order chi connectivity index (χ1) is 8.61. The highest BCUT2D eigenvalue weighted by Gasteiger charge is 2.15. The highest BCUT2D eigenvalue weighted by molar-refractivity contribution is 5.22. The molecule has 2 nitrogen and oxygen atoms in total. The number of hydrogen-bond donors (Lipinski definition) is 1. The van der Waals surface area contributed by atoms with E-state index in [0.717, 1.165) is 18.2 Å². The molecule has 1 aromatic carbocycles. The maximum Gasteiger partial charge on any atom is 0.162 e. The summed E-state index contributed by atoms with van der Waals surface area (Å²) in [6.45, 7) is 1.97. The van der Waals surface area contributed by atoms with Gasteiger partial charge >= 0.3 is 0 Å². The molecule has 0 amide bonds. The second-order valence-electron chi connectivity index (χ2n) is 4.18. The molecule has 1 atom stereocenters. The number of rotatable bonds is 4. The van der Waals surface area contributed by atoms with Crippen molar-refractivity contribution >= 4 is 0 Å². The van der Waals surface area contributed by atoms with Crippen LogP contribution in [-0.2, 0) is 12.8 Å². The zero-order valence-electron chi connectivity index (χ0n) is 10.1. The SMILES string of the molecule is CCc1ccc(C(N)Cc2cccc(F)c2F)o1. The van der Waals surface area contributed by atoms with Gasteiger partial charge in [-0.1, -0.05) is 19.1 Å². The van der Waals surface area contributed by atoms with Crippen LogP contribution < -0.4 is 5.73 Å². The summed E-state index contributed by atoms with van der Waals surface area (Å²) in [6.07, 6.45) is 0.987. The average molecular weight is 251 g/mol. The van der Waals surface area contributed by atoms with Crippen molar-refractivity contribution in [3.05, 3.63) is 59.1 Å².